The number of imidazole rings is 1. The molecule has 0 amide bonds. The molecule has 2 aromatic heterocycles. The third-order valence-electron chi connectivity index (χ3n) is 2.44. The van der Waals surface area contributed by atoms with E-state index in [1.165, 1.54) is 6.20 Å². The van der Waals surface area contributed by atoms with Gasteiger partial charge in [0, 0.05) is 18.9 Å². The van der Waals surface area contributed by atoms with E-state index < -0.39 is 0 Å². The molecule has 2 heterocycles. The smallest absolute Gasteiger partial charge is 0.307 e. The molecule has 0 radical (unpaired) electrons. The van der Waals surface area contributed by atoms with Gasteiger partial charge in [0.25, 0.3) is 0 Å². The summed E-state index contributed by atoms with van der Waals surface area (Å²) in [5.41, 5.74) is 3.06. The zero-order valence-electron chi connectivity index (χ0n) is 9.50. The highest BCUT2D eigenvalue weighted by Gasteiger charge is 2.03. The number of nitrogens with zero attached hydrogens (tertiary/aromatic N) is 4. The van der Waals surface area contributed by atoms with Crippen LogP contribution in [0.5, 0.6) is 0 Å². The first-order chi connectivity index (χ1) is 8.24. The standard InChI is InChI=1S/C10H14N6O/c1-2-15-3-4-16(10(15)17)7-8-5-13-9(14-11)6-12-8/h3-6H,2,7,11H2,1H3,(H,13,14). The molecule has 17 heavy (non-hydrogen) atoms. The first-order valence-corrected chi connectivity index (χ1v) is 5.27. The predicted octanol–water partition coefficient (Wildman–Crippen LogP) is -0.206. The zero-order valence-corrected chi connectivity index (χ0v) is 9.50. The van der Waals surface area contributed by atoms with Crippen LogP contribution in [-0.2, 0) is 13.1 Å². The van der Waals surface area contributed by atoms with Crippen molar-refractivity contribution in [2.75, 3.05) is 5.43 Å². The van der Waals surface area contributed by atoms with Crippen LogP contribution in [0.25, 0.3) is 0 Å². The first kappa shape index (κ1) is 11.3. The van der Waals surface area contributed by atoms with Gasteiger partial charge in [0.15, 0.2) is 5.82 Å². The molecular formula is C10H14N6O. The van der Waals surface area contributed by atoms with Crippen molar-refractivity contribution in [2.45, 2.75) is 20.0 Å². The lowest BCUT2D eigenvalue weighted by atomic mass is 10.4. The Morgan fingerprint density at radius 3 is 2.59 bits per heavy atom. The molecule has 0 saturated heterocycles. The Kier molecular flexibility index (Phi) is 3.20. The Hall–Kier alpha value is -2.15. The van der Waals surface area contributed by atoms with Gasteiger partial charge in [0.05, 0.1) is 24.6 Å². The van der Waals surface area contributed by atoms with Crippen LogP contribution in [0.3, 0.4) is 0 Å². The van der Waals surface area contributed by atoms with E-state index in [2.05, 4.69) is 15.4 Å². The minimum absolute atomic E-state index is 0.0460. The molecule has 0 unspecified atom stereocenters. The normalized spacial score (nSPS) is 10.5. The summed E-state index contributed by atoms with van der Waals surface area (Å²) in [6.07, 6.45) is 6.61. The molecule has 0 bridgehead atoms. The van der Waals surface area contributed by atoms with Crippen molar-refractivity contribution < 1.29 is 0 Å². The third kappa shape index (κ3) is 2.34. The number of nitrogens with one attached hydrogen (secondary N) is 1. The number of nitrogen functional groups attached to an aromatic ring is 1. The third-order valence-corrected chi connectivity index (χ3v) is 2.44. The lowest BCUT2D eigenvalue weighted by Crippen LogP contribution is -2.24. The topological polar surface area (TPSA) is 90.8 Å². The van der Waals surface area contributed by atoms with E-state index in [1.54, 1.807) is 27.7 Å². The van der Waals surface area contributed by atoms with Crippen LogP contribution >= 0.6 is 0 Å². The second-order valence-corrected chi connectivity index (χ2v) is 3.53. The minimum atomic E-state index is -0.0460. The molecule has 0 aliphatic rings. The van der Waals surface area contributed by atoms with Gasteiger partial charge in [-0.1, -0.05) is 0 Å². The lowest BCUT2D eigenvalue weighted by molar-refractivity contribution is 0.660. The van der Waals surface area contributed by atoms with Gasteiger partial charge in [-0.25, -0.2) is 15.6 Å². The fraction of sp³-hybridized carbons (Fsp3) is 0.300. The van der Waals surface area contributed by atoms with Crippen molar-refractivity contribution in [1.29, 1.82) is 0 Å². The highest BCUT2D eigenvalue weighted by atomic mass is 16.1. The molecule has 0 aliphatic carbocycles. The van der Waals surface area contributed by atoms with Crippen molar-refractivity contribution in [3.05, 3.63) is 41.0 Å². The molecule has 0 atom stereocenters. The van der Waals surface area contributed by atoms with Crippen LogP contribution in [0.2, 0.25) is 0 Å². The number of anilines is 1. The van der Waals surface area contributed by atoms with E-state index in [0.29, 0.717) is 24.6 Å². The van der Waals surface area contributed by atoms with Gasteiger partial charge >= 0.3 is 5.69 Å². The maximum atomic E-state index is 11.8. The maximum absolute atomic E-state index is 11.8. The molecule has 0 saturated carbocycles. The van der Waals surface area contributed by atoms with E-state index >= 15 is 0 Å². The summed E-state index contributed by atoms with van der Waals surface area (Å²) in [6.45, 7) is 2.99. The van der Waals surface area contributed by atoms with Crippen molar-refractivity contribution in [3.8, 4) is 0 Å². The highest BCUT2D eigenvalue weighted by Crippen LogP contribution is 2.00. The van der Waals surface area contributed by atoms with E-state index in [9.17, 15) is 4.79 Å². The monoisotopic (exact) mass is 234 g/mol. The van der Waals surface area contributed by atoms with Gasteiger partial charge in [-0.05, 0) is 6.92 Å². The molecule has 0 aliphatic heterocycles. The number of aromatic nitrogens is 4. The number of hydrogen-bond acceptors (Lipinski definition) is 5. The molecule has 2 rings (SSSR count). The molecule has 7 nitrogen and oxygen atoms in total. The molecule has 3 N–H and O–H groups in total. The van der Waals surface area contributed by atoms with E-state index in [4.69, 9.17) is 5.84 Å². The summed E-state index contributed by atoms with van der Waals surface area (Å²) < 4.78 is 3.21. The lowest BCUT2D eigenvalue weighted by Gasteiger charge is -2.02. The van der Waals surface area contributed by atoms with Crippen LogP contribution in [0.4, 0.5) is 5.82 Å². The molecule has 2 aromatic rings. The summed E-state index contributed by atoms with van der Waals surface area (Å²) >= 11 is 0. The summed E-state index contributed by atoms with van der Waals surface area (Å²) in [5.74, 6) is 5.68. The summed E-state index contributed by atoms with van der Waals surface area (Å²) in [4.78, 5) is 19.9. The number of hydrogen-bond donors (Lipinski definition) is 2. The Morgan fingerprint density at radius 2 is 2.06 bits per heavy atom. The Balaban J connectivity index is 2.19. The van der Waals surface area contributed by atoms with Gasteiger partial charge in [0.1, 0.15) is 0 Å². The summed E-state index contributed by atoms with van der Waals surface area (Å²) in [6, 6.07) is 0. The Morgan fingerprint density at radius 1 is 1.29 bits per heavy atom. The van der Waals surface area contributed by atoms with E-state index in [1.807, 2.05) is 6.92 Å². The van der Waals surface area contributed by atoms with Crippen molar-refractivity contribution in [2.24, 2.45) is 5.84 Å². The Bertz CT molecular complexity index is 541. The molecule has 90 valence electrons. The average Bonchev–Trinajstić information content (AvgIpc) is 2.71. The van der Waals surface area contributed by atoms with Crippen LogP contribution < -0.4 is 17.0 Å². The van der Waals surface area contributed by atoms with Gasteiger partial charge in [0.2, 0.25) is 0 Å². The predicted molar refractivity (Wildman–Crippen MR) is 63.3 cm³/mol. The minimum Gasteiger partial charge on any atom is -0.307 e. The number of hydrazine groups is 1. The second-order valence-electron chi connectivity index (χ2n) is 3.53. The van der Waals surface area contributed by atoms with Gasteiger partial charge in [-0.3, -0.25) is 14.1 Å². The summed E-state index contributed by atoms with van der Waals surface area (Å²) in [5, 5.41) is 0. The quantitative estimate of drug-likeness (QED) is 0.564. The fourth-order valence-corrected chi connectivity index (χ4v) is 1.50. The van der Waals surface area contributed by atoms with Crippen LogP contribution in [0, 0.1) is 0 Å². The van der Waals surface area contributed by atoms with Gasteiger partial charge in [-0.15, -0.1) is 0 Å². The average molecular weight is 234 g/mol. The fourth-order valence-electron chi connectivity index (χ4n) is 1.50. The van der Waals surface area contributed by atoms with Gasteiger partial charge in [-0.2, -0.15) is 0 Å². The highest BCUT2D eigenvalue weighted by molar-refractivity contribution is 5.28. The number of aryl methyl sites for hydroxylation is 1. The van der Waals surface area contributed by atoms with E-state index in [0.717, 1.165) is 0 Å². The van der Waals surface area contributed by atoms with Crippen molar-refractivity contribution in [1.82, 2.24) is 19.1 Å². The number of rotatable bonds is 4. The first-order valence-electron chi connectivity index (χ1n) is 5.27. The SMILES string of the molecule is CCn1ccn(Cc2cnc(NN)cn2)c1=O. The van der Waals surface area contributed by atoms with Gasteiger partial charge < -0.3 is 5.43 Å². The maximum Gasteiger partial charge on any atom is 0.328 e. The van der Waals surface area contributed by atoms with Crippen molar-refractivity contribution in [3.63, 3.8) is 0 Å². The van der Waals surface area contributed by atoms with E-state index in [-0.39, 0.29) is 5.69 Å². The molecule has 7 heteroatoms. The molecular weight excluding hydrogens is 220 g/mol. The van der Waals surface area contributed by atoms with Crippen LogP contribution in [0.1, 0.15) is 12.6 Å². The molecule has 0 spiro atoms. The van der Waals surface area contributed by atoms with Crippen molar-refractivity contribution >= 4 is 5.82 Å². The zero-order chi connectivity index (χ0) is 12.3. The molecule has 0 fully saturated rings. The largest absolute Gasteiger partial charge is 0.328 e. The Labute approximate surface area is 97.9 Å². The second kappa shape index (κ2) is 4.79. The summed E-state index contributed by atoms with van der Waals surface area (Å²) in [7, 11) is 0. The van der Waals surface area contributed by atoms with Crippen LogP contribution in [-0.4, -0.2) is 19.1 Å². The number of nitrogens with two attached hydrogens (primary N) is 1. The molecule has 0 aromatic carbocycles. The van der Waals surface area contributed by atoms with Crippen LogP contribution in [0.15, 0.2) is 29.6 Å².